The van der Waals surface area contributed by atoms with Crippen molar-refractivity contribution in [1.29, 1.82) is 0 Å². The zero-order valence-corrected chi connectivity index (χ0v) is 20.4. The summed E-state index contributed by atoms with van der Waals surface area (Å²) in [4.78, 5) is 16.9. The molecule has 0 aliphatic heterocycles. The number of carbonyl (C=O) groups is 1. The van der Waals surface area contributed by atoms with E-state index in [0.717, 1.165) is 11.3 Å². The van der Waals surface area contributed by atoms with Crippen LogP contribution in [0.3, 0.4) is 0 Å². The fourth-order valence-corrected chi connectivity index (χ4v) is 5.96. The van der Waals surface area contributed by atoms with Crippen LogP contribution in [0.5, 0.6) is 5.75 Å². The average Bonchev–Trinajstić information content (AvgIpc) is 3.11. The average molecular weight is 514 g/mol. The second-order valence-electron chi connectivity index (χ2n) is 6.95. The van der Waals surface area contributed by atoms with Gasteiger partial charge in [0.15, 0.2) is 14.6 Å². The lowest BCUT2D eigenvalue weighted by Crippen LogP contribution is -2.20. The number of methoxy groups -OCH3 is 2. The molecule has 3 rings (SSSR count). The molecule has 0 saturated heterocycles. The molecule has 10 nitrogen and oxygen atoms in total. The Morgan fingerprint density at radius 3 is 2.33 bits per heavy atom. The molecule has 0 fully saturated rings. The summed E-state index contributed by atoms with van der Waals surface area (Å²) >= 11 is 1.10. The van der Waals surface area contributed by atoms with Crippen molar-refractivity contribution in [2.24, 2.45) is 10.1 Å². The molecular weight excluding hydrogens is 490 g/mol. The van der Waals surface area contributed by atoms with Gasteiger partial charge in [0, 0.05) is 20.1 Å². The minimum absolute atomic E-state index is 0.0568. The first-order valence-electron chi connectivity index (χ1n) is 9.64. The Balaban J connectivity index is 1.89. The third-order valence-electron chi connectivity index (χ3n) is 4.73. The molecule has 33 heavy (non-hydrogen) atoms. The lowest BCUT2D eigenvalue weighted by atomic mass is 10.3. The molecule has 13 heteroatoms. The maximum atomic E-state index is 12.5. The van der Waals surface area contributed by atoms with Crippen molar-refractivity contribution in [3.05, 3.63) is 47.3 Å². The summed E-state index contributed by atoms with van der Waals surface area (Å²) < 4.78 is 60.8. The highest BCUT2D eigenvalue weighted by atomic mass is 32.2. The topological polar surface area (TPSA) is 147 Å². The highest BCUT2D eigenvalue weighted by molar-refractivity contribution is 7.91. The van der Waals surface area contributed by atoms with Gasteiger partial charge in [0.1, 0.15) is 5.75 Å². The van der Waals surface area contributed by atoms with Gasteiger partial charge in [-0.15, -0.1) is 0 Å². The summed E-state index contributed by atoms with van der Waals surface area (Å²) in [6.45, 7) is 0.692. The standard InChI is InChI=1S/C20H23N3O7S3/c1-29-11-10-23-17-8-7-16(33(21,27)28)13-18(17)31-20(23)22-19(24)9-12-32(25,26)15-5-3-14(30-2)4-6-15/h3-8,13H,9-12H2,1-2H3,(H2,21,27,28). The van der Waals surface area contributed by atoms with E-state index in [1.54, 1.807) is 10.6 Å². The second-order valence-corrected chi connectivity index (χ2v) is 11.6. The number of hydrogen-bond donors (Lipinski definition) is 1. The predicted octanol–water partition coefficient (Wildman–Crippen LogP) is 1.30. The number of benzene rings is 2. The van der Waals surface area contributed by atoms with Crippen LogP contribution in [0.1, 0.15) is 6.42 Å². The van der Waals surface area contributed by atoms with Crippen LogP contribution in [0.15, 0.2) is 57.2 Å². The monoisotopic (exact) mass is 513 g/mol. The maximum absolute atomic E-state index is 12.5. The van der Waals surface area contributed by atoms with Gasteiger partial charge in [-0.25, -0.2) is 22.0 Å². The normalized spacial score (nSPS) is 12.9. The quantitative estimate of drug-likeness (QED) is 0.453. The number of nitrogens with zero attached hydrogens (tertiary/aromatic N) is 2. The zero-order valence-electron chi connectivity index (χ0n) is 17.9. The molecular formula is C20H23N3O7S3. The highest BCUT2D eigenvalue weighted by Crippen LogP contribution is 2.22. The van der Waals surface area contributed by atoms with Gasteiger partial charge >= 0.3 is 0 Å². The Hall–Kier alpha value is -2.58. The molecule has 0 bridgehead atoms. The molecule has 0 atom stereocenters. The minimum Gasteiger partial charge on any atom is -0.497 e. The summed E-state index contributed by atoms with van der Waals surface area (Å²) in [6, 6.07) is 10.3. The van der Waals surface area contributed by atoms with Gasteiger partial charge in [-0.2, -0.15) is 4.99 Å². The van der Waals surface area contributed by atoms with Crippen LogP contribution in [0.2, 0.25) is 0 Å². The summed E-state index contributed by atoms with van der Waals surface area (Å²) in [6.07, 6.45) is -0.310. The summed E-state index contributed by atoms with van der Waals surface area (Å²) in [5.41, 5.74) is 0.654. The van der Waals surface area contributed by atoms with E-state index >= 15 is 0 Å². The van der Waals surface area contributed by atoms with E-state index in [4.69, 9.17) is 14.6 Å². The number of ether oxygens (including phenoxy) is 2. The van der Waals surface area contributed by atoms with Crippen molar-refractivity contribution in [2.45, 2.75) is 22.8 Å². The van der Waals surface area contributed by atoms with E-state index in [0.29, 0.717) is 33.9 Å². The number of fused-ring (bicyclic) bond motifs is 1. The summed E-state index contributed by atoms with van der Waals surface area (Å²) in [5, 5.41) is 5.21. The molecule has 0 unspecified atom stereocenters. The van der Waals surface area contributed by atoms with Crippen molar-refractivity contribution in [3.8, 4) is 5.75 Å². The van der Waals surface area contributed by atoms with Crippen molar-refractivity contribution < 1.29 is 31.1 Å². The van der Waals surface area contributed by atoms with Crippen molar-refractivity contribution in [2.75, 3.05) is 26.6 Å². The zero-order chi connectivity index (χ0) is 24.2. The number of hydrogen-bond acceptors (Lipinski definition) is 8. The van der Waals surface area contributed by atoms with Crippen molar-refractivity contribution >= 4 is 47.3 Å². The molecule has 2 aromatic carbocycles. The predicted molar refractivity (Wildman–Crippen MR) is 123 cm³/mol. The Morgan fingerprint density at radius 1 is 1.06 bits per heavy atom. The van der Waals surface area contributed by atoms with E-state index in [2.05, 4.69) is 4.99 Å². The molecule has 1 heterocycles. The van der Waals surface area contributed by atoms with E-state index in [-0.39, 0.29) is 16.2 Å². The van der Waals surface area contributed by atoms with Gasteiger partial charge in [-0.05, 0) is 42.5 Å². The number of sulfone groups is 1. The molecule has 0 saturated carbocycles. The molecule has 3 aromatic rings. The van der Waals surface area contributed by atoms with E-state index < -0.39 is 31.5 Å². The van der Waals surface area contributed by atoms with Crippen LogP contribution in [0, 0.1) is 0 Å². The van der Waals surface area contributed by atoms with Crippen LogP contribution in [0.4, 0.5) is 0 Å². The summed E-state index contributed by atoms with van der Waals surface area (Å²) in [7, 11) is -4.57. The first-order chi connectivity index (χ1) is 15.5. The second kappa shape index (κ2) is 10.1. The minimum atomic E-state index is -3.89. The molecule has 0 radical (unpaired) electrons. The van der Waals surface area contributed by atoms with Gasteiger partial charge in [-0.1, -0.05) is 11.3 Å². The van der Waals surface area contributed by atoms with Crippen LogP contribution >= 0.6 is 11.3 Å². The van der Waals surface area contributed by atoms with Crippen molar-refractivity contribution in [3.63, 3.8) is 0 Å². The van der Waals surface area contributed by atoms with E-state index in [1.165, 1.54) is 50.6 Å². The number of primary sulfonamides is 1. The lowest BCUT2D eigenvalue weighted by molar-refractivity contribution is -0.117. The van der Waals surface area contributed by atoms with Crippen LogP contribution in [-0.4, -0.2) is 53.9 Å². The van der Waals surface area contributed by atoms with Crippen LogP contribution < -0.4 is 14.7 Å². The van der Waals surface area contributed by atoms with Gasteiger partial charge in [0.25, 0.3) is 0 Å². The number of sulfonamides is 1. The largest absolute Gasteiger partial charge is 0.497 e. The highest BCUT2D eigenvalue weighted by Gasteiger charge is 2.17. The molecule has 1 amide bonds. The van der Waals surface area contributed by atoms with Gasteiger partial charge in [0.2, 0.25) is 15.9 Å². The van der Waals surface area contributed by atoms with Gasteiger partial charge in [0.05, 0.1) is 39.5 Å². The molecule has 0 spiro atoms. The number of thiazole rings is 1. The summed E-state index contributed by atoms with van der Waals surface area (Å²) in [5.74, 6) is -0.493. The Kier molecular flexibility index (Phi) is 7.69. The number of nitrogens with two attached hydrogens (primary N) is 1. The lowest BCUT2D eigenvalue weighted by Gasteiger charge is -2.05. The Labute approximate surface area is 195 Å². The molecule has 0 aliphatic rings. The van der Waals surface area contributed by atoms with E-state index in [1.807, 2.05) is 0 Å². The molecule has 1 aromatic heterocycles. The van der Waals surface area contributed by atoms with E-state index in [9.17, 15) is 21.6 Å². The number of rotatable bonds is 9. The van der Waals surface area contributed by atoms with Crippen LogP contribution in [0.25, 0.3) is 10.2 Å². The number of amides is 1. The number of carbonyl (C=O) groups excluding carboxylic acids is 1. The van der Waals surface area contributed by atoms with Gasteiger partial charge in [-0.3, -0.25) is 4.79 Å². The van der Waals surface area contributed by atoms with Gasteiger partial charge < -0.3 is 14.0 Å². The Bertz CT molecular complexity index is 1440. The molecule has 2 N–H and O–H groups in total. The fraction of sp³-hybridized carbons (Fsp3) is 0.300. The Morgan fingerprint density at radius 2 is 1.73 bits per heavy atom. The van der Waals surface area contributed by atoms with Crippen molar-refractivity contribution in [1.82, 2.24) is 4.57 Å². The smallest absolute Gasteiger partial charge is 0.249 e. The van der Waals surface area contributed by atoms with Crippen LogP contribution in [-0.2, 0) is 35.9 Å². The SMILES string of the molecule is COCCn1c(=NC(=O)CCS(=O)(=O)c2ccc(OC)cc2)sc2cc(S(N)(=O)=O)ccc21. The first-order valence-corrected chi connectivity index (χ1v) is 13.7. The first kappa shape index (κ1) is 25.1. The fourth-order valence-electron chi connectivity index (χ4n) is 3.00. The third-order valence-corrected chi connectivity index (χ3v) is 8.41. The maximum Gasteiger partial charge on any atom is 0.249 e. The molecule has 0 aliphatic carbocycles. The third kappa shape index (κ3) is 6.06. The molecule has 178 valence electrons. The number of aromatic nitrogens is 1.